The highest BCUT2D eigenvalue weighted by Gasteiger charge is 2.44. The minimum atomic E-state index is -1.07. The molecule has 1 aliphatic rings. The molecule has 1 saturated heterocycles. The van der Waals surface area contributed by atoms with Gasteiger partial charge in [-0.05, 0) is 17.5 Å². The molecule has 2 atom stereocenters. The summed E-state index contributed by atoms with van der Waals surface area (Å²) in [5, 5.41) is 11.7. The summed E-state index contributed by atoms with van der Waals surface area (Å²) in [6.07, 6.45) is 1.03. The summed E-state index contributed by atoms with van der Waals surface area (Å²) in [6, 6.07) is 20.4. The Balaban J connectivity index is 1.92. The molecule has 1 N–H and O–H groups in total. The predicted octanol–water partition coefficient (Wildman–Crippen LogP) is 2.66. The van der Waals surface area contributed by atoms with Gasteiger partial charge in [-0.1, -0.05) is 60.7 Å². The molecular weight excluding hydrogens is 314 g/mol. The van der Waals surface area contributed by atoms with Crippen molar-refractivity contribution < 1.29 is 14.6 Å². The van der Waals surface area contributed by atoms with E-state index in [0.717, 1.165) is 17.5 Å². The van der Waals surface area contributed by atoms with E-state index in [0.29, 0.717) is 31.8 Å². The van der Waals surface area contributed by atoms with Crippen molar-refractivity contribution in [1.82, 2.24) is 4.90 Å². The fourth-order valence-corrected chi connectivity index (χ4v) is 3.76. The molecule has 0 amide bonds. The molecule has 0 aliphatic carbocycles. The molecule has 2 aromatic rings. The van der Waals surface area contributed by atoms with Gasteiger partial charge in [0.15, 0.2) is 0 Å². The van der Waals surface area contributed by atoms with Crippen molar-refractivity contribution in [1.29, 1.82) is 0 Å². The Hall–Kier alpha value is -1.72. The van der Waals surface area contributed by atoms with E-state index in [1.54, 1.807) is 14.2 Å². The van der Waals surface area contributed by atoms with E-state index in [2.05, 4.69) is 4.90 Å². The molecule has 4 nitrogen and oxygen atoms in total. The lowest BCUT2D eigenvalue weighted by Gasteiger charge is -2.51. The van der Waals surface area contributed by atoms with Crippen LogP contribution in [0.3, 0.4) is 0 Å². The topological polar surface area (TPSA) is 41.9 Å². The zero-order chi connectivity index (χ0) is 17.7. The number of likely N-dealkylation sites (tertiary alicyclic amines) is 1. The third-order valence-corrected chi connectivity index (χ3v) is 5.11. The quantitative estimate of drug-likeness (QED) is 0.802. The van der Waals surface area contributed by atoms with Crippen molar-refractivity contribution in [2.75, 3.05) is 34.0 Å². The largest absolute Gasteiger partial charge is 0.383 e. The highest BCUT2D eigenvalue weighted by Crippen LogP contribution is 2.36. The molecule has 25 heavy (non-hydrogen) atoms. The van der Waals surface area contributed by atoms with Gasteiger partial charge >= 0.3 is 0 Å². The maximum absolute atomic E-state index is 11.7. The Morgan fingerprint density at radius 1 is 0.880 bits per heavy atom. The second-order valence-corrected chi connectivity index (χ2v) is 6.72. The number of β-amino-alcohol motifs (C(OH)–C–C–N with tert-alkyl or cyclic N) is 1. The van der Waals surface area contributed by atoms with Crippen molar-refractivity contribution in [3.8, 4) is 0 Å². The van der Waals surface area contributed by atoms with Gasteiger partial charge < -0.3 is 14.6 Å². The average Bonchev–Trinajstić information content (AvgIpc) is 2.66. The van der Waals surface area contributed by atoms with Crippen molar-refractivity contribution in [3.63, 3.8) is 0 Å². The Morgan fingerprint density at radius 3 is 1.72 bits per heavy atom. The highest BCUT2D eigenvalue weighted by molar-refractivity contribution is 5.36. The van der Waals surface area contributed by atoms with Crippen molar-refractivity contribution in [2.24, 2.45) is 0 Å². The van der Waals surface area contributed by atoms with E-state index in [-0.39, 0.29) is 0 Å². The SMILES string of the molecule is COC[C@@H]1C[C@@H](COC)N1CC(O)(c1ccccc1)c1ccccc1. The molecule has 3 rings (SSSR count). The maximum Gasteiger partial charge on any atom is 0.127 e. The third-order valence-electron chi connectivity index (χ3n) is 5.11. The molecule has 134 valence electrons. The van der Waals surface area contributed by atoms with Crippen LogP contribution in [0.1, 0.15) is 17.5 Å². The second kappa shape index (κ2) is 8.11. The molecule has 0 radical (unpaired) electrons. The number of methoxy groups -OCH3 is 2. The summed E-state index contributed by atoms with van der Waals surface area (Å²) >= 11 is 0. The summed E-state index contributed by atoms with van der Waals surface area (Å²) in [5.74, 6) is 0. The lowest BCUT2D eigenvalue weighted by Crippen LogP contribution is -2.63. The van der Waals surface area contributed by atoms with Gasteiger partial charge in [-0.3, -0.25) is 4.90 Å². The summed E-state index contributed by atoms with van der Waals surface area (Å²) in [6.45, 7) is 1.85. The number of ether oxygens (including phenoxy) is 2. The molecule has 0 bridgehead atoms. The van der Waals surface area contributed by atoms with Crippen LogP contribution in [0.15, 0.2) is 60.7 Å². The molecule has 4 heteroatoms. The first-order valence-corrected chi connectivity index (χ1v) is 8.76. The van der Waals surface area contributed by atoms with Gasteiger partial charge in [0.05, 0.1) is 13.2 Å². The van der Waals surface area contributed by atoms with Crippen molar-refractivity contribution in [2.45, 2.75) is 24.1 Å². The van der Waals surface area contributed by atoms with Crippen LogP contribution in [0, 0.1) is 0 Å². The van der Waals surface area contributed by atoms with Gasteiger partial charge in [-0.15, -0.1) is 0 Å². The number of hydrogen-bond acceptors (Lipinski definition) is 4. The predicted molar refractivity (Wildman–Crippen MR) is 98.5 cm³/mol. The van der Waals surface area contributed by atoms with Crippen LogP contribution in [0.4, 0.5) is 0 Å². The van der Waals surface area contributed by atoms with Gasteiger partial charge in [0, 0.05) is 32.8 Å². The van der Waals surface area contributed by atoms with E-state index < -0.39 is 5.60 Å². The fourth-order valence-electron chi connectivity index (χ4n) is 3.76. The van der Waals surface area contributed by atoms with E-state index >= 15 is 0 Å². The van der Waals surface area contributed by atoms with Gasteiger partial charge in [-0.2, -0.15) is 0 Å². The summed E-state index contributed by atoms with van der Waals surface area (Å²) < 4.78 is 10.7. The number of nitrogens with zero attached hydrogens (tertiary/aromatic N) is 1. The monoisotopic (exact) mass is 341 g/mol. The van der Waals surface area contributed by atoms with Gasteiger partial charge in [-0.25, -0.2) is 0 Å². The van der Waals surface area contributed by atoms with E-state index in [9.17, 15) is 5.11 Å². The van der Waals surface area contributed by atoms with Crippen LogP contribution < -0.4 is 0 Å². The molecule has 0 unspecified atom stereocenters. The first kappa shape index (κ1) is 18.1. The Labute approximate surface area is 150 Å². The normalized spacial score (nSPS) is 21.1. The molecule has 1 fully saturated rings. The minimum Gasteiger partial charge on any atom is -0.383 e. The Morgan fingerprint density at radius 2 is 1.32 bits per heavy atom. The maximum atomic E-state index is 11.7. The van der Waals surface area contributed by atoms with Crippen LogP contribution >= 0.6 is 0 Å². The van der Waals surface area contributed by atoms with Gasteiger partial charge in [0.1, 0.15) is 5.60 Å². The fraction of sp³-hybridized carbons (Fsp3) is 0.429. The zero-order valence-electron chi connectivity index (χ0n) is 15.0. The average molecular weight is 341 g/mol. The number of rotatable bonds is 8. The molecule has 0 spiro atoms. The molecule has 0 aromatic heterocycles. The van der Waals surface area contributed by atoms with E-state index in [1.165, 1.54) is 0 Å². The van der Waals surface area contributed by atoms with Crippen molar-refractivity contribution >= 4 is 0 Å². The molecule has 1 heterocycles. The number of aliphatic hydroxyl groups is 1. The molecule has 1 aliphatic heterocycles. The second-order valence-electron chi connectivity index (χ2n) is 6.72. The number of benzene rings is 2. The van der Waals surface area contributed by atoms with Crippen LogP contribution in [0.5, 0.6) is 0 Å². The van der Waals surface area contributed by atoms with Crippen LogP contribution in [-0.4, -0.2) is 56.1 Å². The smallest absolute Gasteiger partial charge is 0.127 e. The van der Waals surface area contributed by atoms with Crippen molar-refractivity contribution in [3.05, 3.63) is 71.8 Å². The summed E-state index contributed by atoms with van der Waals surface area (Å²) in [4.78, 5) is 2.31. The lowest BCUT2D eigenvalue weighted by atomic mass is 9.82. The third kappa shape index (κ3) is 3.77. The first-order chi connectivity index (χ1) is 12.2. The molecular formula is C21H27NO3. The van der Waals surface area contributed by atoms with Gasteiger partial charge in [0.2, 0.25) is 0 Å². The lowest BCUT2D eigenvalue weighted by molar-refractivity contribution is -0.0944. The Kier molecular flexibility index (Phi) is 5.86. The molecule has 2 aromatic carbocycles. The molecule has 0 saturated carbocycles. The van der Waals surface area contributed by atoms with E-state index in [4.69, 9.17) is 9.47 Å². The zero-order valence-corrected chi connectivity index (χ0v) is 15.0. The highest BCUT2D eigenvalue weighted by atomic mass is 16.5. The van der Waals surface area contributed by atoms with Crippen LogP contribution in [-0.2, 0) is 15.1 Å². The summed E-state index contributed by atoms with van der Waals surface area (Å²) in [5.41, 5.74) is 0.738. The minimum absolute atomic E-state index is 0.309. The first-order valence-electron chi connectivity index (χ1n) is 8.76. The number of hydrogen-bond donors (Lipinski definition) is 1. The standard InChI is InChI=1S/C21H27NO3/c1-24-14-19-13-20(15-25-2)22(19)16-21(23,17-9-5-3-6-10-17)18-11-7-4-8-12-18/h3-12,19-20,23H,13-16H2,1-2H3/t19-,20-/m0/s1. The summed E-state index contributed by atoms with van der Waals surface area (Å²) in [7, 11) is 3.45. The van der Waals surface area contributed by atoms with E-state index in [1.807, 2.05) is 60.7 Å². The van der Waals surface area contributed by atoms with Crippen LogP contribution in [0.25, 0.3) is 0 Å². The van der Waals surface area contributed by atoms with Gasteiger partial charge in [0.25, 0.3) is 0 Å². The van der Waals surface area contributed by atoms with Crippen LogP contribution in [0.2, 0.25) is 0 Å². The Bertz CT molecular complexity index is 595.